The van der Waals surface area contributed by atoms with Gasteiger partial charge in [-0.1, -0.05) is 36.4 Å². The van der Waals surface area contributed by atoms with Crippen LogP contribution in [0.4, 0.5) is 49.1 Å². The average molecular weight is 871 g/mol. The number of hydrogen-bond donors (Lipinski definition) is 5. The lowest BCUT2D eigenvalue weighted by atomic mass is 9.74. The predicted octanol–water partition coefficient (Wildman–Crippen LogP) is 8.36. The van der Waals surface area contributed by atoms with E-state index < -0.39 is 23.5 Å². The molecule has 0 radical (unpaired) electrons. The summed E-state index contributed by atoms with van der Waals surface area (Å²) in [4.78, 5) is 6.63. The molecule has 0 bridgehead atoms. The molecular formula is C49H56F6N8. The minimum absolute atomic E-state index is 0.0638. The van der Waals surface area contributed by atoms with Crippen LogP contribution >= 0.6 is 0 Å². The van der Waals surface area contributed by atoms with Crippen LogP contribution in [0.1, 0.15) is 53.0 Å². The Hall–Kier alpha value is -4.76. The Balaban J connectivity index is 1.16. The fourth-order valence-corrected chi connectivity index (χ4v) is 11.1. The molecule has 334 valence electrons. The standard InChI is InChI=1S/C49H56F6N8/c50-48(51,52)42-9-10-43(61-21-15-57-16-22-61)35-7-5-31(27-40(35)42)38-29-44(62-23-17-58-18-24-62)36-8-6-32(28-41(36)46(38)49(53,54)55)39-30-45(63-25-19-59-20-26-63)34-3-1-2-4-37(34)47(39)60-33-11-13-56-14-12-33/h1-5,7,9-10,27,29-30,32-33,56-60H,6,8,11-26,28H2. The van der Waals surface area contributed by atoms with Crippen LogP contribution in [0.3, 0.4) is 0 Å². The topological polar surface area (TPSA) is 69.9 Å². The summed E-state index contributed by atoms with van der Waals surface area (Å²) in [7, 11) is 0. The van der Waals surface area contributed by atoms with Crippen LogP contribution in [0.2, 0.25) is 0 Å². The number of halogens is 6. The zero-order valence-electron chi connectivity index (χ0n) is 35.6. The molecule has 5 aromatic carbocycles. The fourth-order valence-electron chi connectivity index (χ4n) is 11.1. The summed E-state index contributed by atoms with van der Waals surface area (Å²) in [5, 5.41) is 20.0. The Labute approximate surface area is 364 Å². The smallest absolute Gasteiger partial charge is 0.381 e. The summed E-state index contributed by atoms with van der Waals surface area (Å²) in [5.41, 5.74) is 4.02. The maximum absolute atomic E-state index is 16.2. The molecular weight excluding hydrogens is 815 g/mol. The number of hydrogen-bond acceptors (Lipinski definition) is 8. The molecule has 5 aromatic rings. The summed E-state index contributed by atoms with van der Waals surface area (Å²) in [6, 6.07) is 19.7. The van der Waals surface area contributed by atoms with Crippen molar-refractivity contribution in [2.45, 2.75) is 56.4 Å². The van der Waals surface area contributed by atoms with E-state index in [1.807, 2.05) is 6.07 Å². The Morgan fingerprint density at radius 3 is 1.75 bits per heavy atom. The molecule has 0 spiro atoms. The van der Waals surface area contributed by atoms with Crippen molar-refractivity contribution >= 4 is 44.3 Å². The molecule has 63 heavy (non-hydrogen) atoms. The van der Waals surface area contributed by atoms with Gasteiger partial charge >= 0.3 is 12.4 Å². The molecule has 14 heteroatoms. The van der Waals surface area contributed by atoms with E-state index in [1.54, 1.807) is 18.2 Å². The fraction of sp³-hybridized carbons (Fsp3) is 0.469. The first kappa shape index (κ1) is 42.2. The van der Waals surface area contributed by atoms with Gasteiger partial charge in [-0.2, -0.15) is 26.3 Å². The lowest BCUT2D eigenvalue weighted by Crippen LogP contribution is -2.44. The van der Waals surface area contributed by atoms with Gasteiger partial charge in [0.15, 0.2) is 0 Å². The van der Waals surface area contributed by atoms with Crippen LogP contribution in [0.25, 0.3) is 32.7 Å². The third-order valence-corrected chi connectivity index (χ3v) is 14.2. The van der Waals surface area contributed by atoms with E-state index in [2.05, 4.69) is 65.5 Å². The number of piperazine rings is 3. The number of fused-ring (bicyclic) bond motifs is 3. The molecule has 8 nitrogen and oxygen atoms in total. The van der Waals surface area contributed by atoms with Crippen molar-refractivity contribution in [3.63, 3.8) is 0 Å². The van der Waals surface area contributed by atoms with Crippen molar-refractivity contribution in [1.82, 2.24) is 21.3 Å². The van der Waals surface area contributed by atoms with E-state index in [0.717, 1.165) is 91.6 Å². The highest BCUT2D eigenvalue weighted by Crippen LogP contribution is 2.51. The molecule has 0 amide bonds. The molecule has 4 aliphatic heterocycles. The maximum Gasteiger partial charge on any atom is 0.417 e. The van der Waals surface area contributed by atoms with Crippen molar-refractivity contribution < 1.29 is 26.3 Å². The highest BCUT2D eigenvalue weighted by molar-refractivity contribution is 6.04. The van der Waals surface area contributed by atoms with Crippen LogP contribution in [0, 0.1) is 0 Å². The van der Waals surface area contributed by atoms with Gasteiger partial charge in [0.2, 0.25) is 0 Å². The Morgan fingerprint density at radius 2 is 1.11 bits per heavy atom. The van der Waals surface area contributed by atoms with Crippen molar-refractivity contribution in [1.29, 1.82) is 0 Å². The van der Waals surface area contributed by atoms with E-state index in [1.165, 1.54) is 12.1 Å². The van der Waals surface area contributed by atoms with Crippen molar-refractivity contribution in [3.05, 3.63) is 94.5 Å². The minimum Gasteiger partial charge on any atom is -0.381 e. The van der Waals surface area contributed by atoms with E-state index in [9.17, 15) is 13.2 Å². The molecule has 4 heterocycles. The second-order valence-electron chi connectivity index (χ2n) is 17.9. The van der Waals surface area contributed by atoms with Crippen LogP contribution in [0.5, 0.6) is 0 Å². The molecule has 4 saturated heterocycles. The van der Waals surface area contributed by atoms with E-state index in [4.69, 9.17) is 0 Å². The Bertz CT molecular complexity index is 2460. The molecule has 4 fully saturated rings. The summed E-state index contributed by atoms with van der Waals surface area (Å²) in [5.74, 6) is -0.241. The first-order valence-electron chi connectivity index (χ1n) is 22.8. The molecule has 0 aromatic heterocycles. The maximum atomic E-state index is 16.2. The highest BCUT2D eigenvalue weighted by atomic mass is 19.4. The zero-order valence-corrected chi connectivity index (χ0v) is 35.6. The molecule has 10 rings (SSSR count). The summed E-state index contributed by atoms with van der Waals surface area (Å²) < 4.78 is 93.0. The first-order valence-corrected chi connectivity index (χ1v) is 22.8. The lowest BCUT2D eigenvalue weighted by molar-refractivity contribution is -0.138. The van der Waals surface area contributed by atoms with Gasteiger partial charge in [-0.15, -0.1) is 0 Å². The normalized spacial score (nSPS) is 20.7. The van der Waals surface area contributed by atoms with Crippen molar-refractivity contribution in [2.24, 2.45) is 0 Å². The van der Waals surface area contributed by atoms with Crippen molar-refractivity contribution in [2.75, 3.05) is 112 Å². The van der Waals surface area contributed by atoms with E-state index >= 15 is 13.2 Å². The molecule has 0 saturated carbocycles. The first-order chi connectivity index (χ1) is 30.5. The third-order valence-electron chi connectivity index (χ3n) is 14.2. The SMILES string of the molecule is FC(F)(F)c1c(-c2ccc3c(N4CCNCC4)ccc(C(F)(F)F)c3c2)cc(N2CCNCC2)c2c1CC(c1cc(N3CCNCC3)c3ccccc3c1NC1CCNCC1)CC2. The number of alkyl halides is 6. The second-order valence-corrected chi connectivity index (χ2v) is 17.9. The Kier molecular flexibility index (Phi) is 11.6. The van der Waals surface area contributed by atoms with Crippen molar-refractivity contribution in [3.8, 4) is 11.1 Å². The van der Waals surface area contributed by atoms with Gasteiger partial charge in [0.25, 0.3) is 0 Å². The summed E-state index contributed by atoms with van der Waals surface area (Å²) in [6.45, 7) is 10.3. The van der Waals surface area contributed by atoms with Crippen LogP contribution in [-0.2, 0) is 25.2 Å². The second kappa shape index (κ2) is 17.3. The van der Waals surface area contributed by atoms with Gasteiger partial charge in [-0.3, -0.25) is 0 Å². The molecule has 1 unspecified atom stereocenters. The molecule has 5 N–H and O–H groups in total. The predicted molar refractivity (Wildman–Crippen MR) is 243 cm³/mol. The number of rotatable bonds is 7. The number of benzene rings is 5. The van der Waals surface area contributed by atoms with E-state index in [-0.39, 0.29) is 40.5 Å². The third kappa shape index (κ3) is 8.28. The average Bonchev–Trinajstić information content (AvgIpc) is 3.31. The number of nitrogens with one attached hydrogen (secondary N) is 5. The largest absolute Gasteiger partial charge is 0.417 e. The van der Waals surface area contributed by atoms with Gasteiger partial charge in [-0.05, 0) is 115 Å². The highest BCUT2D eigenvalue weighted by Gasteiger charge is 2.42. The van der Waals surface area contributed by atoms with Gasteiger partial charge < -0.3 is 41.3 Å². The monoisotopic (exact) mass is 870 g/mol. The zero-order chi connectivity index (χ0) is 43.3. The molecule has 1 atom stereocenters. The Morgan fingerprint density at radius 1 is 0.524 bits per heavy atom. The molecule has 5 aliphatic rings. The van der Waals surface area contributed by atoms with E-state index in [0.29, 0.717) is 81.8 Å². The van der Waals surface area contributed by atoms with Gasteiger partial charge in [0.1, 0.15) is 0 Å². The van der Waals surface area contributed by atoms with Gasteiger partial charge in [-0.25, -0.2) is 0 Å². The lowest BCUT2D eigenvalue weighted by Gasteiger charge is -2.38. The van der Waals surface area contributed by atoms with Crippen LogP contribution < -0.4 is 41.3 Å². The number of nitrogens with zero attached hydrogens (tertiary/aromatic N) is 3. The number of piperidine rings is 1. The molecule has 1 aliphatic carbocycles. The number of anilines is 4. The van der Waals surface area contributed by atoms with Gasteiger partial charge in [0.05, 0.1) is 11.1 Å². The quantitative estimate of drug-likeness (QED) is 0.105. The van der Waals surface area contributed by atoms with Gasteiger partial charge in [0, 0.05) is 123 Å². The van der Waals surface area contributed by atoms with Crippen LogP contribution in [-0.4, -0.2) is 97.7 Å². The summed E-state index contributed by atoms with van der Waals surface area (Å²) in [6.07, 6.45) is -6.32. The minimum atomic E-state index is -4.78. The van der Waals surface area contributed by atoms with Crippen LogP contribution in [0.15, 0.2) is 66.7 Å². The summed E-state index contributed by atoms with van der Waals surface area (Å²) >= 11 is 0.